The Bertz CT molecular complexity index is 815. The van der Waals surface area contributed by atoms with E-state index in [1.165, 1.54) is 18.1 Å². The van der Waals surface area contributed by atoms with Crippen molar-refractivity contribution in [2.75, 3.05) is 5.32 Å². The Labute approximate surface area is 143 Å². The summed E-state index contributed by atoms with van der Waals surface area (Å²) in [5.41, 5.74) is 2.84. The molecule has 1 amide bonds. The molecular weight excluding hydrogens is 328 g/mol. The van der Waals surface area contributed by atoms with Crippen LogP contribution in [0, 0.1) is 11.6 Å². The maximum Gasteiger partial charge on any atom is 0.339 e. The standard InChI is InChI=1S/C19H17F2NO3/c1-11(25-19(24)14-7-15(20)10-16(21)8-14)18(23)22-17-6-5-12-3-2-4-13(12)9-17/h5-11H,2-4H2,1H3,(H,22,23)/t11-/m0/s1. The first kappa shape index (κ1) is 17.1. The lowest BCUT2D eigenvalue weighted by Crippen LogP contribution is -2.30. The number of benzene rings is 2. The molecule has 0 aromatic heterocycles. The maximum atomic E-state index is 13.2. The van der Waals surface area contributed by atoms with Crippen LogP contribution in [0.1, 0.15) is 34.8 Å². The summed E-state index contributed by atoms with van der Waals surface area (Å²) < 4.78 is 31.3. The fourth-order valence-corrected chi connectivity index (χ4v) is 2.85. The molecular formula is C19H17F2NO3. The fourth-order valence-electron chi connectivity index (χ4n) is 2.85. The minimum atomic E-state index is -1.10. The molecule has 2 aromatic carbocycles. The van der Waals surface area contributed by atoms with Crippen LogP contribution in [0.25, 0.3) is 0 Å². The molecule has 0 spiro atoms. The minimum Gasteiger partial charge on any atom is -0.449 e. The van der Waals surface area contributed by atoms with Crippen LogP contribution in [0.4, 0.5) is 14.5 Å². The highest BCUT2D eigenvalue weighted by Gasteiger charge is 2.20. The molecule has 0 fully saturated rings. The third kappa shape index (κ3) is 4.02. The first-order valence-corrected chi connectivity index (χ1v) is 8.02. The van der Waals surface area contributed by atoms with Crippen molar-refractivity contribution in [2.24, 2.45) is 0 Å². The predicted molar refractivity (Wildman–Crippen MR) is 88.3 cm³/mol. The minimum absolute atomic E-state index is 0.283. The number of rotatable bonds is 4. The van der Waals surface area contributed by atoms with Crippen LogP contribution in [0.5, 0.6) is 0 Å². The first-order valence-electron chi connectivity index (χ1n) is 8.02. The third-order valence-electron chi connectivity index (χ3n) is 4.12. The molecule has 3 rings (SSSR count). The lowest BCUT2D eigenvalue weighted by atomic mass is 10.1. The van der Waals surface area contributed by atoms with Crippen molar-refractivity contribution >= 4 is 17.6 Å². The van der Waals surface area contributed by atoms with E-state index in [2.05, 4.69) is 5.32 Å². The average Bonchev–Trinajstić information content (AvgIpc) is 3.01. The topological polar surface area (TPSA) is 55.4 Å². The van der Waals surface area contributed by atoms with Crippen molar-refractivity contribution < 1.29 is 23.1 Å². The van der Waals surface area contributed by atoms with Crippen molar-refractivity contribution in [1.29, 1.82) is 0 Å². The van der Waals surface area contributed by atoms with Crippen LogP contribution in [-0.4, -0.2) is 18.0 Å². The molecule has 0 radical (unpaired) electrons. The lowest BCUT2D eigenvalue weighted by Gasteiger charge is -2.14. The van der Waals surface area contributed by atoms with Crippen molar-refractivity contribution in [3.63, 3.8) is 0 Å². The highest BCUT2D eigenvalue weighted by atomic mass is 19.1. The average molecular weight is 345 g/mol. The van der Waals surface area contributed by atoms with Crippen LogP contribution in [0.15, 0.2) is 36.4 Å². The molecule has 1 aliphatic carbocycles. The number of aryl methyl sites for hydroxylation is 2. The normalized spacial score (nSPS) is 13.9. The van der Waals surface area contributed by atoms with Gasteiger partial charge in [-0.3, -0.25) is 4.79 Å². The van der Waals surface area contributed by atoms with Gasteiger partial charge < -0.3 is 10.1 Å². The quantitative estimate of drug-likeness (QED) is 0.861. The summed E-state index contributed by atoms with van der Waals surface area (Å²) in [6.45, 7) is 1.40. The highest BCUT2D eigenvalue weighted by molar-refractivity contribution is 5.97. The van der Waals surface area contributed by atoms with Gasteiger partial charge in [-0.05, 0) is 61.6 Å². The summed E-state index contributed by atoms with van der Waals surface area (Å²) in [5.74, 6) is -3.25. The van der Waals surface area contributed by atoms with Crippen molar-refractivity contribution in [1.82, 2.24) is 0 Å². The Morgan fingerprint density at radius 2 is 1.72 bits per heavy atom. The van der Waals surface area contributed by atoms with Gasteiger partial charge in [0.2, 0.25) is 0 Å². The molecule has 2 aromatic rings. The van der Waals surface area contributed by atoms with Crippen molar-refractivity contribution in [3.05, 3.63) is 64.7 Å². The Kier molecular flexibility index (Phi) is 4.79. The largest absolute Gasteiger partial charge is 0.449 e. The molecule has 0 saturated heterocycles. The van der Waals surface area contributed by atoms with Gasteiger partial charge in [0.1, 0.15) is 11.6 Å². The Morgan fingerprint density at radius 3 is 2.44 bits per heavy atom. The van der Waals surface area contributed by atoms with Gasteiger partial charge in [0.25, 0.3) is 5.91 Å². The zero-order valence-corrected chi connectivity index (χ0v) is 13.6. The molecule has 1 N–H and O–H groups in total. The number of anilines is 1. The number of carbonyl (C=O) groups excluding carboxylic acids is 2. The summed E-state index contributed by atoms with van der Waals surface area (Å²) in [7, 11) is 0. The number of esters is 1. The van der Waals surface area contributed by atoms with Crippen LogP contribution in [-0.2, 0) is 22.4 Å². The summed E-state index contributed by atoms with van der Waals surface area (Å²) in [6, 6.07) is 8.06. The van der Waals surface area contributed by atoms with E-state index < -0.39 is 29.6 Å². The van der Waals surface area contributed by atoms with Crippen LogP contribution < -0.4 is 5.32 Å². The summed E-state index contributed by atoms with van der Waals surface area (Å²) >= 11 is 0. The lowest BCUT2D eigenvalue weighted by molar-refractivity contribution is -0.123. The summed E-state index contributed by atoms with van der Waals surface area (Å²) in [6.07, 6.45) is 2.02. The number of amides is 1. The van der Waals surface area contributed by atoms with Crippen molar-refractivity contribution in [3.8, 4) is 0 Å². The molecule has 130 valence electrons. The molecule has 4 nitrogen and oxygen atoms in total. The molecule has 0 heterocycles. The second kappa shape index (κ2) is 7.01. The summed E-state index contributed by atoms with van der Waals surface area (Å²) in [5, 5.41) is 2.69. The second-order valence-corrected chi connectivity index (χ2v) is 6.03. The number of halogens is 2. The Hall–Kier alpha value is -2.76. The van der Waals surface area contributed by atoms with E-state index in [0.29, 0.717) is 11.8 Å². The number of ether oxygens (including phenoxy) is 1. The third-order valence-corrected chi connectivity index (χ3v) is 4.12. The smallest absolute Gasteiger partial charge is 0.339 e. The first-order chi connectivity index (χ1) is 11.9. The van der Waals surface area contributed by atoms with E-state index in [1.807, 2.05) is 12.1 Å². The van der Waals surface area contributed by atoms with Gasteiger partial charge in [0, 0.05) is 11.8 Å². The van der Waals surface area contributed by atoms with E-state index in [4.69, 9.17) is 4.74 Å². The number of hydrogen-bond donors (Lipinski definition) is 1. The molecule has 1 atom stereocenters. The van der Waals surface area contributed by atoms with Gasteiger partial charge in [-0.2, -0.15) is 0 Å². The number of nitrogens with one attached hydrogen (secondary N) is 1. The van der Waals surface area contributed by atoms with E-state index in [1.54, 1.807) is 6.07 Å². The van der Waals surface area contributed by atoms with Gasteiger partial charge in [-0.1, -0.05) is 6.07 Å². The van der Waals surface area contributed by atoms with E-state index >= 15 is 0 Å². The SMILES string of the molecule is C[C@H](OC(=O)c1cc(F)cc(F)c1)C(=O)Nc1ccc2c(c1)CCC2. The number of carbonyl (C=O) groups is 2. The molecule has 25 heavy (non-hydrogen) atoms. The Morgan fingerprint density at radius 1 is 1.04 bits per heavy atom. The van der Waals surface area contributed by atoms with Crippen molar-refractivity contribution in [2.45, 2.75) is 32.3 Å². The molecule has 0 aliphatic heterocycles. The number of fused-ring (bicyclic) bond motifs is 1. The van der Waals surface area contributed by atoms with Crippen LogP contribution in [0.2, 0.25) is 0 Å². The number of hydrogen-bond acceptors (Lipinski definition) is 3. The zero-order valence-electron chi connectivity index (χ0n) is 13.6. The molecule has 0 bridgehead atoms. The van der Waals surface area contributed by atoms with E-state index in [-0.39, 0.29) is 5.56 Å². The monoisotopic (exact) mass is 345 g/mol. The predicted octanol–water partition coefficient (Wildman–Crippen LogP) is 3.64. The molecule has 0 saturated carbocycles. The fraction of sp³-hybridized carbons (Fsp3) is 0.263. The van der Waals surface area contributed by atoms with Gasteiger partial charge in [-0.25, -0.2) is 13.6 Å². The van der Waals surface area contributed by atoms with Gasteiger partial charge in [0.15, 0.2) is 6.10 Å². The molecule has 1 aliphatic rings. The highest BCUT2D eigenvalue weighted by Crippen LogP contribution is 2.25. The maximum absolute atomic E-state index is 13.2. The van der Waals surface area contributed by atoms with E-state index in [0.717, 1.165) is 31.4 Å². The van der Waals surface area contributed by atoms with Gasteiger partial charge in [-0.15, -0.1) is 0 Å². The van der Waals surface area contributed by atoms with Crippen LogP contribution >= 0.6 is 0 Å². The molecule has 6 heteroatoms. The van der Waals surface area contributed by atoms with Crippen LogP contribution in [0.3, 0.4) is 0 Å². The second-order valence-electron chi connectivity index (χ2n) is 6.03. The van der Waals surface area contributed by atoms with E-state index in [9.17, 15) is 18.4 Å². The Balaban J connectivity index is 1.63. The van der Waals surface area contributed by atoms with Gasteiger partial charge in [0.05, 0.1) is 5.56 Å². The zero-order chi connectivity index (χ0) is 18.0. The molecule has 0 unspecified atom stereocenters. The van der Waals surface area contributed by atoms with Gasteiger partial charge >= 0.3 is 5.97 Å². The summed E-state index contributed by atoms with van der Waals surface area (Å²) in [4.78, 5) is 24.1.